The van der Waals surface area contributed by atoms with Crippen LogP contribution in [0.15, 0.2) is 0 Å². The molecular formula is C4H9O2S+. The van der Waals surface area contributed by atoms with E-state index in [0.29, 0.717) is 0 Å². The molecule has 7 heavy (non-hydrogen) atoms. The smallest absolute Gasteiger partial charge is 0.429 e. The maximum Gasteiger partial charge on any atom is 0.524 e. The molecule has 0 aromatic carbocycles. The van der Waals surface area contributed by atoms with Crippen LogP contribution in [0, 0.1) is 0 Å². The first-order valence-electron chi connectivity index (χ1n) is 1.84. The fraction of sp³-hybridized carbons (Fsp3) is 0.750. The predicted octanol–water partition coefficient (Wildman–Crippen LogP) is 0.631. The van der Waals surface area contributed by atoms with Gasteiger partial charge in [-0.1, -0.05) is 0 Å². The number of carbonyl (C=O) groups excluding carboxylic acids is 1. The molecule has 0 heterocycles. The van der Waals surface area contributed by atoms with Gasteiger partial charge in [-0.15, -0.1) is 0 Å². The van der Waals surface area contributed by atoms with Crippen molar-refractivity contribution in [2.75, 3.05) is 19.6 Å². The molecule has 0 aliphatic carbocycles. The fourth-order valence-corrected chi connectivity index (χ4v) is 0.500. The van der Waals surface area contributed by atoms with E-state index in [4.69, 9.17) is 0 Å². The average Bonchev–Trinajstić information content (AvgIpc) is 1.65. The third kappa shape index (κ3) is 2.51. The number of hydrogen-bond donors (Lipinski definition) is 0. The highest BCUT2D eigenvalue weighted by atomic mass is 32.2. The van der Waals surface area contributed by atoms with Crippen molar-refractivity contribution in [1.82, 2.24) is 0 Å². The number of ether oxygens (including phenoxy) is 1. The molecule has 0 rings (SSSR count). The normalized spacial score (nSPS) is 9.14. The zero-order valence-electron chi connectivity index (χ0n) is 4.72. The number of rotatable bonds is 0. The zero-order valence-corrected chi connectivity index (χ0v) is 5.54. The molecule has 0 bridgehead atoms. The average molecular weight is 121 g/mol. The van der Waals surface area contributed by atoms with E-state index in [1.54, 1.807) is 0 Å². The van der Waals surface area contributed by atoms with Crippen LogP contribution in [0.2, 0.25) is 0 Å². The maximum absolute atomic E-state index is 10.3. The Labute approximate surface area is 46.2 Å². The van der Waals surface area contributed by atoms with Gasteiger partial charge in [0, 0.05) is 0 Å². The number of hydrogen-bond acceptors (Lipinski definition) is 2. The van der Waals surface area contributed by atoms with Crippen LogP contribution in [0.3, 0.4) is 0 Å². The van der Waals surface area contributed by atoms with Crippen LogP contribution in [-0.4, -0.2) is 24.9 Å². The second-order valence-corrected chi connectivity index (χ2v) is 3.24. The van der Waals surface area contributed by atoms with E-state index in [-0.39, 0.29) is 16.2 Å². The summed E-state index contributed by atoms with van der Waals surface area (Å²) in [6.45, 7) is 0. The Morgan fingerprint density at radius 1 is 1.57 bits per heavy atom. The summed E-state index contributed by atoms with van der Waals surface area (Å²) in [6, 6.07) is 0. The van der Waals surface area contributed by atoms with Gasteiger partial charge in [0.2, 0.25) is 0 Å². The van der Waals surface area contributed by atoms with Crippen molar-refractivity contribution in [3.05, 3.63) is 0 Å². The lowest BCUT2D eigenvalue weighted by Crippen LogP contribution is -2.10. The quantitative estimate of drug-likeness (QED) is 0.347. The number of methoxy groups -OCH3 is 1. The molecule has 0 fully saturated rings. The molecule has 0 N–H and O–H groups in total. The molecule has 2 nitrogen and oxygen atoms in total. The van der Waals surface area contributed by atoms with Crippen molar-refractivity contribution >= 4 is 16.2 Å². The maximum atomic E-state index is 10.3. The molecule has 0 saturated heterocycles. The van der Waals surface area contributed by atoms with E-state index >= 15 is 0 Å². The van der Waals surface area contributed by atoms with Gasteiger partial charge in [-0.05, 0) is 0 Å². The summed E-state index contributed by atoms with van der Waals surface area (Å²) in [5.41, 5.74) is 0. The SMILES string of the molecule is COC(=O)[S+](C)C. The van der Waals surface area contributed by atoms with Crippen molar-refractivity contribution < 1.29 is 9.53 Å². The highest BCUT2D eigenvalue weighted by Gasteiger charge is 2.15. The van der Waals surface area contributed by atoms with E-state index in [0.717, 1.165) is 0 Å². The molecule has 0 atom stereocenters. The zero-order chi connectivity index (χ0) is 5.86. The first kappa shape index (κ1) is 6.82. The van der Waals surface area contributed by atoms with E-state index in [2.05, 4.69) is 4.74 Å². The Morgan fingerprint density at radius 3 is 2.00 bits per heavy atom. The second kappa shape index (κ2) is 2.91. The fourth-order valence-electron chi connectivity index (χ4n) is 0.167. The van der Waals surface area contributed by atoms with E-state index in [1.807, 2.05) is 12.5 Å². The van der Waals surface area contributed by atoms with Crippen LogP contribution >= 0.6 is 0 Å². The minimum Gasteiger partial charge on any atom is -0.429 e. The van der Waals surface area contributed by atoms with Crippen LogP contribution in [0.1, 0.15) is 0 Å². The molecule has 0 aliphatic rings. The van der Waals surface area contributed by atoms with Gasteiger partial charge in [-0.3, -0.25) is 0 Å². The summed E-state index contributed by atoms with van der Waals surface area (Å²) in [6.07, 6.45) is 3.65. The first-order valence-corrected chi connectivity index (χ1v) is 3.88. The largest absolute Gasteiger partial charge is 0.524 e. The van der Waals surface area contributed by atoms with Gasteiger partial charge < -0.3 is 4.74 Å². The predicted molar refractivity (Wildman–Crippen MR) is 31.6 cm³/mol. The molecule has 3 heteroatoms. The van der Waals surface area contributed by atoms with Crippen molar-refractivity contribution in [2.24, 2.45) is 0 Å². The lowest BCUT2D eigenvalue weighted by atomic mass is 11.5. The highest BCUT2D eigenvalue weighted by molar-refractivity contribution is 8.09. The Hall–Kier alpha value is -0.180. The second-order valence-electron chi connectivity index (χ2n) is 1.27. The Bertz CT molecular complexity index is 70.1. The Balaban J connectivity index is 3.35. The van der Waals surface area contributed by atoms with Crippen LogP contribution in [0.5, 0.6) is 0 Å². The van der Waals surface area contributed by atoms with E-state index < -0.39 is 0 Å². The molecule has 42 valence electrons. The molecule has 0 aliphatic heterocycles. The van der Waals surface area contributed by atoms with Crippen LogP contribution < -0.4 is 0 Å². The molecule has 0 aromatic rings. The third-order valence-electron chi connectivity index (χ3n) is 0.500. The summed E-state index contributed by atoms with van der Waals surface area (Å²) < 4.78 is 4.39. The van der Waals surface area contributed by atoms with Crippen molar-refractivity contribution in [3.63, 3.8) is 0 Å². The van der Waals surface area contributed by atoms with Gasteiger partial charge >= 0.3 is 5.30 Å². The van der Waals surface area contributed by atoms with Gasteiger partial charge in [0.1, 0.15) is 12.5 Å². The topological polar surface area (TPSA) is 26.3 Å². The lowest BCUT2D eigenvalue weighted by molar-refractivity contribution is 0.199. The van der Waals surface area contributed by atoms with Crippen molar-refractivity contribution in [2.45, 2.75) is 0 Å². The molecular weight excluding hydrogens is 112 g/mol. The van der Waals surface area contributed by atoms with E-state index in [9.17, 15) is 4.79 Å². The minimum atomic E-state index is -0.221. The summed E-state index contributed by atoms with van der Waals surface area (Å²) in [5, 5.41) is -0.125. The van der Waals surface area contributed by atoms with Gasteiger partial charge in [-0.25, -0.2) is 0 Å². The third-order valence-corrected chi connectivity index (χ3v) is 1.33. The van der Waals surface area contributed by atoms with Crippen LogP contribution in [-0.2, 0) is 15.6 Å². The molecule has 0 unspecified atom stereocenters. The monoisotopic (exact) mass is 121 g/mol. The number of carbonyl (C=O) groups is 1. The first-order chi connectivity index (χ1) is 3.18. The lowest BCUT2D eigenvalue weighted by Gasteiger charge is -1.87. The summed E-state index contributed by atoms with van der Waals surface area (Å²) in [7, 11) is 1.18. The summed E-state index contributed by atoms with van der Waals surface area (Å²) in [5.74, 6) is 0. The molecule has 0 saturated carbocycles. The Morgan fingerprint density at radius 2 is 2.00 bits per heavy atom. The molecule has 0 spiro atoms. The summed E-state index contributed by atoms with van der Waals surface area (Å²) >= 11 is 0. The molecule has 0 radical (unpaired) electrons. The standard InChI is InChI=1S/C4H9O2S/c1-6-4(5)7(2)3/h1-3H3/q+1. The minimum absolute atomic E-state index is 0.125. The Kier molecular flexibility index (Phi) is 2.83. The van der Waals surface area contributed by atoms with Gasteiger partial charge in [-0.2, -0.15) is 4.79 Å². The van der Waals surface area contributed by atoms with Crippen molar-refractivity contribution in [3.8, 4) is 0 Å². The van der Waals surface area contributed by atoms with Gasteiger partial charge in [0.05, 0.1) is 18.0 Å². The van der Waals surface area contributed by atoms with Gasteiger partial charge in [0.15, 0.2) is 0 Å². The molecule has 0 aromatic heterocycles. The molecule has 0 amide bonds. The van der Waals surface area contributed by atoms with Crippen molar-refractivity contribution in [1.29, 1.82) is 0 Å². The highest BCUT2D eigenvalue weighted by Crippen LogP contribution is 1.87. The van der Waals surface area contributed by atoms with Crippen LogP contribution in [0.25, 0.3) is 0 Å². The van der Waals surface area contributed by atoms with E-state index in [1.165, 1.54) is 7.11 Å². The summed E-state index contributed by atoms with van der Waals surface area (Å²) in [4.78, 5) is 10.3. The van der Waals surface area contributed by atoms with Crippen LogP contribution in [0.4, 0.5) is 4.79 Å². The van der Waals surface area contributed by atoms with Gasteiger partial charge in [0.25, 0.3) is 0 Å².